The highest BCUT2D eigenvalue weighted by Gasteiger charge is 2.11. The molecule has 7 rings (SSSR count). The third kappa shape index (κ3) is 5.86. The zero-order chi connectivity index (χ0) is 29.0. The summed E-state index contributed by atoms with van der Waals surface area (Å²) in [6.45, 7) is 0.803. The minimum atomic E-state index is -0.188. The lowest BCUT2D eigenvalue weighted by Gasteiger charge is -2.10. The van der Waals surface area contributed by atoms with Crippen LogP contribution in [0.25, 0.3) is 44.8 Å². The number of nitrogens with zero attached hydrogens (tertiary/aromatic N) is 2. The maximum absolute atomic E-state index is 13.0. The minimum absolute atomic E-state index is 0.188. The molecule has 0 radical (unpaired) electrons. The van der Waals surface area contributed by atoms with Crippen molar-refractivity contribution in [2.24, 2.45) is 0 Å². The topological polar surface area (TPSA) is 108 Å². The number of anilines is 2. The van der Waals surface area contributed by atoms with Crippen LogP contribution in [0.15, 0.2) is 121 Å². The molecule has 0 aliphatic carbocycles. The van der Waals surface area contributed by atoms with Crippen molar-refractivity contribution in [2.75, 3.05) is 17.4 Å². The number of imidazole rings is 2. The van der Waals surface area contributed by atoms with Gasteiger partial charge in [0.1, 0.15) is 18.4 Å². The van der Waals surface area contributed by atoms with Crippen molar-refractivity contribution in [3.05, 3.63) is 132 Å². The van der Waals surface area contributed by atoms with E-state index in [1.807, 2.05) is 109 Å². The number of fused-ring (bicyclic) bond motifs is 2. The van der Waals surface area contributed by atoms with Gasteiger partial charge in [-0.15, -0.1) is 0 Å². The molecule has 1 amide bonds. The van der Waals surface area contributed by atoms with Crippen LogP contribution in [0, 0.1) is 0 Å². The van der Waals surface area contributed by atoms with Crippen LogP contribution in [0.3, 0.4) is 0 Å². The molecule has 2 heterocycles. The number of aromatic nitrogens is 4. The number of aromatic amines is 2. The number of amides is 1. The number of hydrogen-bond acceptors (Lipinski definition) is 5. The molecule has 8 heteroatoms. The Balaban J connectivity index is 0.920. The van der Waals surface area contributed by atoms with Crippen LogP contribution in [0.1, 0.15) is 15.9 Å². The average molecular weight is 565 g/mol. The van der Waals surface area contributed by atoms with Crippen LogP contribution in [0.4, 0.5) is 11.4 Å². The Hall–Kier alpha value is -5.73. The molecule has 0 spiro atoms. The predicted octanol–water partition coefficient (Wildman–Crippen LogP) is 7.61. The Kier molecular flexibility index (Phi) is 7.09. The molecule has 8 nitrogen and oxygen atoms in total. The van der Waals surface area contributed by atoms with Crippen molar-refractivity contribution >= 4 is 39.3 Å². The fourth-order valence-electron chi connectivity index (χ4n) is 4.97. The Bertz CT molecular complexity index is 1980. The number of rotatable bonds is 9. The van der Waals surface area contributed by atoms with E-state index >= 15 is 0 Å². The fourth-order valence-corrected chi connectivity index (χ4v) is 4.97. The van der Waals surface area contributed by atoms with Gasteiger partial charge in [0.25, 0.3) is 5.91 Å². The van der Waals surface area contributed by atoms with E-state index in [1.54, 1.807) is 6.07 Å². The normalized spacial score (nSPS) is 11.2. The molecule has 210 valence electrons. The monoisotopic (exact) mass is 564 g/mol. The van der Waals surface area contributed by atoms with Gasteiger partial charge in [-0.2, -0.15) is 0 Å². The van der Waals surface area contributed by atoms with E-state index in [0.29, 0.717) is 24.6 Å². The highest BCUT2D eigenvalue weighted by molar-refractivity contribution is 6.05. The molecule has 0 saturated carbocycles. The van der Waals surface area contributed by atoms with E-state index in [2.05, 4.69) is 36.6 Å². The van der Waals surface area contributed by atoms with Gasteiger partial charge < -0.3 is 25.3 Å². The van der Waals surface area contributed by atoms with Gasteiger partial charge >= 0.3 is 0 Å². The van der Waals surface area contributed by atoms with Crippen LogP contribution in [0.2, 0.25) is 0 Å². The second-order valence-electron chi connectivity index (χ2n) is 10.2. The maximum Gasteiger partial charge on any atom is 0.255 e. The van der Waals surface area contributed by atoms with Gasteiger partial charge in [0.05, 0.1) is 28.7 Å². The molecule has 7 aromatic rings. The van der Waals surface area contributed by atoms with E-state index in [-0.39, 0.29) is 5.91 Å². The number of ether oxygens (including phenoxy) is 1. The Labute approximate surface area is 247 Å². The van der Waals surface area contributed by atoms with E-state index in [0.717, 1.165) is 56.1 Å². The molecule has 43 heavy (non-hydrogen) atoms. The van der Waals surface area contributed by atoms with Gasteiger partial charge in [0.2, 0.25) is 0 Å². The summed E-state index contributed by atoms with van der Waals surface area (Å²) in [5.41, 5.74) is 8.88. The van der Waals surface area contributed by atoms with Crippen LogP contribution in [-0.2, 0) is 11.3 Å². The van der Waals surface area contributed by atoms with Crippen LogP contribution in [-0.4, -0.2) is 32.6 Å². The summed E-state index contributed by atoms with van der Waals surface area (Å²) in [6.07, 6.45) is 0. The number of benzene rings is 5. The average Bonchev–Trinajstić information content (AvgIpc) is 3.69. The van der Waals surface area contributed by atoms with E-state index in [9.17, 15) is 4.79 Å². The number of para-hydroxylation sites is 4. The quantitative estimate of drug-likeness (QED) is 0.107. The van der Waals surface area contributed by atoms with E-state index < -0.39 is 0 Å². The first kappa shape index (κ1) is 26.2. The summed E-state index contributed by atoms with van der Waals surface area (Å²) < 4.78 is 5.87. The zero-order valence-corrected chi connectivity index (χ0v) is 23.2. The summed E-state index contributed by atoms with van der Waals surface area (Å²) in [4.78, 5) is 29.0. The molecule has 0 saturated heterocycles. The SMILES string of the molecule is O=C(Nc1ccc(NCOCc2cccc(-c3nc4ccccc4[nH]3)c2)cc1)c1cccc(-c2nc3ccccc3[nH]2)c1. The van der Waals surface area contributed by atoms with Crippen LogP contribution in [0.5, 0.6) is 0 Å². The maximum atomic E-state index is 13.0. The Morgan fingerprint density at radius 3 is 1.93 bits per heavy atom. The predicted molar refractivity (Wildman–Crippen MR) is 171 cm³/mol. The standard InChI is InChI=1S/C35H28N6O2/c42-35(26-10-6-9-25(20-26)34-40-31-13-3-4-14-32(31)41-34)37-28-17-15-27(16-18-28)36-22-43-21-23-7-5-8-24(19-23)33-38-29-11-1-2-12-30(29)39-33/h1-20,36H,21-22H2,(H,37,42)(H,38,39)(H,40,41). The van der Waals surface area contributed by atoms with E-state index in [1.165, 1.54) is 0 Å². The molecule has 4 N–H and O–H groups in total. The van der Waals surface area contributed by atoms with Gasteiger partial charge in [-0.05, 0) is 72.3 Å². The highest BCUT2D eigenvalue weighted by atomic mass is 16.5. The van der Waals surface area contributed by atoms with Crippen LogP contribution >= 0.6 is 0 Å². The third-order valence-electron chi connectivity index (χ3n) is 7.17. The van der Waals surface area contributed by atoms with Crippen molar-refractivity contribution in [3.8, 4) is 22.8 Å². The molecule has 0 bridgehead atoms. The largest absolute Gasteiger partial charge is 0.363 e. The smallest absolute Gasteiger partial charge is 0.255 e. The number of carbonyl (C=O) groups excluding carboxylic acids is 1. The lowest BCUT2D eigenvalue weighted by molar-refractivity contribution is 0.102. The van der Waals surface area contributed by atoms with Crippen molar-refractivity contribution in [3.63, 3.8) is 0 Å². The molecule has 0 atom stereocenters. The third-order valence-corrected chi connectivity index (χ3v) is 7.17. The molecular formula is C35H28N6O2. The van der Waals surface area contributed by atoms with Gasteiger partial charge in [0.15, 0.2) is 0 Å². The second kappa shape index (κ2) is 11.6. The first-order valence-electron chi connectivity index (χ1n) is 14.0. The van der Waals surface area contributed by atoms with E-state index in [4.69, 9.17) is 4.74 Å². The molecular weight excluding hydrogens is 536 g/mol. The number of hydrogen-bond donors (Lipinski definition) is 4. The minimum Gasteiger partial charge on any atom is -0.363 e. The lowest BCUT2D eigenvalue weighted by Crippen LogP contribution is -2.12. The van der Waals surface area contributed by atoms with Gasteiger partial charge in [-0.3, -0.25) is 4.79 Å². The summed E-state index contributed by atoms with van der Waals surface area (Å²) in [5.74, 6) is 1.38. The Morgan fingerprint density at radius 2 is 1.26 bits per heavy atom. The summed E-state index contributed by atoms with van der Waals surface area (Å²) >= 11 is 0. The van der Waals surface area contributed by atoms with Crippen LogP contribution < -0.4 is 10.6 Å². The number of nitrogens with one attached hydrogen (secondary N) is 4. The molecule has 5 aromatic carbocycles. The fraction of sp³-hybridized carbons (Fsp3) is 0.0571. The summed E-state index contributed by atoms with van der Waals surface area (Å²) in [6, 6.07) is 39.0. The van der Waals surface area contributed by atoms with Gasteiger partial charge in [-0.1, -0.05) is 54.6 Å². The first-order valence-corrected chi connectivity index (χ1v) is 14.0. The number of H-pyrrole nitrogens is 2. The first-order chi connectivity index (χ1) is 21.2. The van der Waals surface area contributed by atoms with Crippen molar-refractivity contribution in [1.82, 2.24) is 19.9 Å². The lowest BCUT2D eigenvalue weighted by atomic mass is 10.1. The highest BCUT2D eigenvalue weighted by Crippen LogP contribution is 2.23. The van der Waals surface area contributed by atoms with Gasteiger partial charge in [-0.25, -0.2) is 9.97 Å². The number of carbonyl (C=O) groups is 1. The van der Waals surface area contributed by atoms with Crippen molar-refractivity contribution < 1.29 is 9.53 Å². The van der Waals surface area contributed by atoms with Crippen molar-refractivity contribution in [2.45, 2.75) is 6.61 Å². The molecule has 0 aliphatic heterocycles. The molecule has 0 fully saturated rings. The van der Waals surface area contributed by atoms with Crippen molar-refractivity contribution in [1.29, 1.82) is 0 Å². The Morgan fingerprint density at radius 1 is 0.651 bits per heavy atom. The molecule has 0 unspecified atom stereocenters. The molecule has 2 aromatic heterocycles. The van der Waals surface area contributed by atoms with Gasteiger partial charge in [0, 0.05) is 28.1 Å². The summed E-state index contributed by atoms with van der Waals surface area (Å²) in [5, 5.41) is 6.23. The molecule has 0 aliphatic rings. The summed E-state index contributed by atoms with van der Waals surface area (Å²) in [7, 11) is 0. The zero-order valence-electron chi connectivity index (χ0n) is 23.2. The second-order valence-corrected chi connectivity index (χ2v) is 10.2.